The van der Waals surface area contributed by atoms with Gasteiger partial charge in [0.15, 0.2) is 5.75 Å². The quantitative estimate of drug-likeness (QED) is 0.0344. The summed E-state index contributed by atoms with van der Waals surface area (Å²) in [6.07, 6.45) is 0. The smallest absolute Gasteiger partial charge is 0.296 e. The van der Waals surface area contributed by atoms with Crippen LogP contribution in [0.2, 0.25) is 0 Å². The van der Waals surface area contributed by atoms with Crippen LogP contribution in [-0.2, 0) is 30.4 Å². The topological polar surface area (TPSA) is 374 Å². The van der Waals surface area contributed by atoms with Gasteiger partial charge in [0, 0.05) is 17.1 Å². The fourth-order valence-corrected chi connectivity index (χ4v) is 7.29. The first-order valence-electron chi connectivity index (χ1n) is 16.0. The van der Waals surface area contributed by atoms with Crippen molar-refractivity contribution < 1.29 is 44.0 Å². The minimum Gasteiger partial charge on any atom is -0.505 e. The molecule has 0 aliphatic heterocycles. The summed E-state index contributed by atoms with van der Waals surface area (Å²) in [6.45, 7) is 0. The predicted molar refractivity (Wildman–Crippen MR) is 214 cm³/mol. The zero-order valence-electron chi connectivity index (χ0n) is 29.2. The summed E-state index contributed by atoms with van der Waals surface area (Å²) in [6, 6.07) is 21.4. The zero-order chi connectivity index (χ0) is 42.2. The average molecular weight is 848 g/mol. The Labute approximate surface area is 328 Å². The number of nitrogens with one attached hydrogen (secondary N) is 1. The SMILES string of the molecule is Nc1ccc(N=Nc2c(S(=O)(=O)O)cc3cc(S(=O)(=O)O)c(N=Nc4ccc(Nc5ccc(N=Nc6ccc(N)cc6N)cc5)c(S(=O)(=O)O)c4)c(N)c3c2O)cc1. The highest BCUT2D eigenvalue weighted by Crippen LogP contribution is 2.48. The third kappa shape index (κ3) is 8.96. The molecule has 0 heterocycles. The molecule has 298 valence electrons. The van der Waals surface area contributed by atoms with E-state index >= 15 is 0 Å². The Kier molecular flexibility index (Phi) is 10.8. The Morgan fingerprint density at radius 3 is 1.59 bits per heavy atom. The number of azo groups is 3. The van der Waals surface area contributed by atoms with Crippen LogP contribution < -0.4 is 28.3 Å². The number of aromatic hydroxyl groups is 1. The molecule has 0 unspecified atom stereocenters. The Bertz CT molecular complexity index is 3050. The molecule has 6 aromatic rings. The molecule has 0 bridgehead atoms. The number of rotatable bonds is 11. The van der Waals surface area contributed by atoms with Gasteiger partial charge in [-0.25, -0.2) is 0 Å². The van der Waals surface area contributed by atoms with Crippen LogP contribution in [0.15, 0.2) is 142 Å². The van der Waals surface area contributed by atoms with Crippen molar-refractivity contribution in [3.05, 3.63) is 97.1 Å². The fourth-order valence-electron chi connectivity index (χ4n) is 5.29. The standard InChI is InChI=1S/C34H29N11O10S3/c35-18-1-4-21(5-2-18)41-45-33-29(58(53,54)55)14-17-13-28(57(50,51)52)32(31(38)30(17)34(33)46)44-42-23-10-12-26(27(16-23)56(47,48)49)39-20-6-8-22(9-7-20)40-43-25-11-3-19(36)15-24(25)37/h1-16,39,46H,35-38H2,(H,47,48,49)(H,50,51,52)(H,53,54,55). The molecule has 0 saturated carbocycles. The summed E-state index contributed by atoms with van der Waals surface area (Å²) in [4.78, 5) is -2.70. The number of anilines is 6. The zero-order valence-corrected chi connectivity index (χ0v) is 31.6. The lowest BCUT2D eigenvalue weighted by Gasteiger charge is -2.14. The number of phenols is 1. The number of fused-ring (bicyclic) bond motifs is 1. The monoisotopic (exact) mass is 847 g/mol. The van der Waals surface area contributed by atoms with E-state index in [0.29, 0.717) is 40.2 Å². The number of hydrogen-bond acceptors (Lipinski definition) is 18. The van der Waals surface area contributed by atoms with Gasteiger partial charge in [-0.2, -0.15) is 40.6 Å². The lowest BCUT2D eigenvalue weighted by Crippen LogP contribution is -2.04. The molecular formula is C34H29N11O10S3. The minimum absolute atomic E-state index is 0.116. The first-order valence-corrected chi connectivity index (χ1v) is 20.3. The molecule has 6 rings (SSSR count). The number of hydrogen-bond donors (Lipinski definition) is 9. The molecule has 0 saturated heterocycles. The van der Waals surface area contributed by atoms with Gasteiger partial charge in [-0.15, -0.1) is 15.3 Å². The van der Waals surface area contributed by atoms with Crippen LogP contribution in [0.5, 0.6) is 5.75 Å². The highest BCUT2D eigenvalue weighted by Gasteiger charge is 2.28. The van der Waals surface area contributed by atoms with E-state index in [1.165, 1.54) is 42.5 Å². The summed E-state index contributed by atoms with van der Waals surface area (Å²) in [5, 5.41) is 36.7. The average Bonchev–Trinajstić information content (AvgIpc) is 3.14. The Morgan fingerprint density at radius 1 is 0.500 bits per heavy atom. The minimum atomic E-state index is -5.22. The van der Waals surface area contributed by atoms with Crippen LogP contribution in [-0.4, -0.2) is 44.0 Å². The second-order valence-corrected chi connectivity index (χ2v) is 16.3. The van der Waals surface area contributed by atoms with Crippen molar-refractivity contribution in [2.45, 2.75) is 14.7 Å². The molecule has 0 aliphatic rings. The lowest BCUT2D eigenvalue weighted by atomic mass is 10.1. The van der Waals surface area contributed by atoms with Crippen LogP contribution in [0.4, 0.5) is 68.2 Å². The van der Waals surface area contributed by atoms with E-state index in [1.807, 2.05) is 0 Å². The van der Waals surface area contributed by atoms with Crippen molar-refractivity contribution in [1.82, 2.24) is 0 Å². The van der Waals surface area contributed by atoms with E-state index < -0.39 is 78.6 Å². The number of nitrogen functional groups attached to an aromatic ring is 4. The van der Waals surface area contributed by atoms with Gasteiger partial charge < -0.3 is 33.4 Å². The van der Waals surface area contributed by atoms with Gasteiger partial charge in [-0.1, -0.05) is 0 Å². The summed E-state index contributed by atoms with van der Waals surface area (Å²) >= 11 is 0. The summed E-state index contributed by atoms with van der Waals surface area (Å²) in [5.41, 5.74) is 23.3. The molecule has 0 fully saturated rings. The second-order valence-electron chi connectivity index (χ2n) is 12.1. The van der Waals surface area contributed by atoms with E-state index in [2.05, 4.69) is 36.0 Å². The highest BCUT2D eigenvalue weighted by molar-refractivity contribution is 7.86. The molecule has 0 aliphatic carbocycles. The van der Waals surface area contributed by atoms with Crippen molar-refractivity contribution in [3.8, 4) is 5.75 Å². The van der Waals surface area contributed by atoms with Crippen LogP contribution >= 0.6 is 0 Å². The fraction of sp³-hybridized carbons (Fsp3) is 0. The molecule has 24 heteroatoms. The van der Waals surface area contributed by atoms with E-state index in [1.54, 1.807) is 36.4 Å². The maximum Gasteiger partial charge on any atom is 0.296 e. The van der Waals surface area contributed by atoms with E-state index in [9.17, 15) is 44.0 Å². The maximum atomic E-state index is 12.5. The first-order chi connectivity index (χ1) is 27.2. The molecular weight excluding hydrogens is 819 g/mol. The maximum absolute atomic E-state index is 12.5. The molecule has 0 spiro atoms. The van der Waals surface area contributed by atoms with E-state index in [-0.39, 0.29) is 17.1 Å². The Hall–Kier alpha value is -7.09. The van der Waals surface area contributed by atoms with E-state index in [0.717, 1.165) is 12.1 Å². The summed E-state index contributed by atoms with van der Waals surface area (Å²) in [7, 11) is -15.3. The van der Waals surface area contributed by atoms with Gasteiger partial charge in [-0.05, 0) is 102 Å². The molecule has 13 N–H and O–H groups in total. The van der Waals surface area contributed by atoms with Crippen LogP contribution in [0, 0.1) is 0 Å². The summed E-state index contributed by atoms with van der Waals surface area (Å²) in [5.74, 6) is -0.994. The highest BCUT2D eigenvalue weighted by atomic mass is 32.2. The van der Waals surface area contributed by atoms with Gasteiger partial charge >= 0.3 is 0 Å². The Balaban J connectivity index is 1.37. The van der Waals surface area contributed by atoms with Gasteiger partial charge in [0.25, 0.3) is 30.4 Å². The van der Waals surface area contributed by atoms with Crippen molar-refractivity contribution in [1.29, 1.82) is 0 Å². The van der Waals surface area contributed by atoms with Gasteiger partial charge in [0.1, 0.15) is 31.7 Å². The van der Waals surface area contributed by atoms with Crippen molar-refractivity contribution in [2.75, 3.05) is 28.3 Å². The predicted octanol–water partition coefficient (Wildman–Crippen LogP) is 7.60. The second kappa shape index (κ2) is 15.4. The van der Waals surface area contributed by atoms with Crippen molar-refractivity contribution >= 4 is 109 Å². The number of phenolic OH excluding ortho intramolecular Hbond substituents is 1. The Morgan fingerprint density at radius 2 is 1.00 bits per heavy atom. The number of nitrogens with two attached hydrogens (primary N) is 4. The third-order valence-corrected chi connectivity index (χ3v) is 10.6. The van der Waals surface area contributed by atoms with Crippen LogP contribution in [0.3, 0.4) is 0 Å². The van der Waals surface area contributed by atoms with Crippen molar-refractivity contribution in [3.63, 3.8) is 0 Å². The molecule has 0 radical (unpaired) electrons. The van der Waals surface area contributed by atoms with Crippen LogP contribution in [0.25, 0.3) is 10.8 Å². The molecule has 21 nitrogen and oxygen atoms in total. The van der Waals surface area contributed by atoms with Crippen LogP contribution in [0.1, 0.15) is 0 Å². The lowest BCUT2D eigenvalue weighted by molar-refractivity contribution is 0.472. The third-order valence-electron chi connectivity index (χ3n) is 8.01. The molecule has 0 amide bonds. The molecule has 0 aromatic heterocycles. The molecule has 58 heavy (non-hydrogen) atoms. The van der Waals surface area contributed by atoms with Gasteiger partial charge in [-0.3, -0.25) is 13.7 Å². The number of nitrogens with zero attached hydrogens (tertiary/aromatic N) is 6. The van der Waals surface area contributed by atoms with Gasteiger partial charge in [0.2, 0.25) is 0 Å². The molecule has 0 atom stereocenters. The largest absolute Gasteiger partial charge is 0.505 e. The van der Waals surface area contributed by atoms with Gasteiger partial charge in [0.05, 0.1) is 39.5 Å². The normalized spacial score (nSPS) is 12.6. The number of benzene rings is 6. The summed E-state index contributed by atoms with van der Waals surface area (Å²) < 4.78 is 105. The molecule has 6 aromatic carbocycles. The van der Waals surface area contributed by atoms with E-state index in [4.69, 9.17) is 22.9 Å². The van der Waals surface area contributed by atoms with Crippen molar-refractivity contribution in [2.24, 2.45) is 30.7 Å². The first kappa shape index (κ1) is 40.6.